The van der Waals surface area contributed by atoms with Crippen LogP contribution >= 0.6 is 15.9 Å². The van der Waals surface area contributed by atoms with Gasteiger partial charge < -0.3 is 9.30 Å². The van der Waals surface area contributed by atoms with Crippen molar-refractivity contribution in [2.75, 3.05) is 6.54 Å². The van der Waals surface area contributed by atoms with E-state index in [4.69, 9.17) is 4.74 Å². The van der Waals surface area contributed by atoms with Crippen LogP contribution in [-0.2, 0) is 6.54 Å². The van der Waals surface area contributed by atoms with E-state index in [0.717, 1.165) is 64.7 Å². The summed E-state index contributed by atoms with van der Waals surface area (Å²) in [4.78, 5) is 15.0. The molecule has 0 aliphatic carbocycles. The fourth-order valence-electron chi connectivity index (χ4n) is 6.02. The number of hydrogen-bond donors (Lipinski definition) is 0. The zero-order valence-electron chi connectivity index (χ0n) is 19.2. The molecule has 2 bridgehead atoms. The van der Waals surface area contributed by atoms with Gasteiger partial charge in [0.2, 0.25) is 0 Å². The van der Waals surface area contributed by atoms with Crippen LogP contribution in [-0.4, -0.2) is 40.0 Å². The van der Waals surface area contributed by atoms with Crippen molar-refractivity contribution in [3.63, 3.8) is 0 Å². The lowest BCUT2D eigenvalue weighted by Crippen LogP contribution is -2.46. The minimum atomic E-state index is -0.231. The largest absolute Gasteiger partial charge is 0.490 e. The SMILES string of the molecule is CC(=O)c1c(C)n(CCCN2C3CCC2CC(Oc2ccc(F)cc2)C3)c2c(Br)cccc12. The number of fused-ring (bicyclic) bond motifs is 3. The third kappa shape index (κ3) is 4.35. The molecule has 2 aromatic carbocycles. The van der Waals surface area contributed by atoms with Gasteiger partial charge in [-0.1, -0.05) is 12.1 Å². The van der Waals surface area contributed by atoms with Crippen LogP contribution in [0.4, 0.5) is 4.39 Å². The number of nitrogens with zero attached hydrogens (tertiary/aromatic N) is 2. The third-order valence-corrected chi connectivity index (χ3v) is 8.04. The number of halogens is 2. The maximum atomic E-state index is 13.2. The summed E-state index contributed by atoms with van der Waals surface area (Å²) < 4.78 is 22.7. The summed E-state index contributed by atoms with van der Waals surface area (Å²) in [5.41, 5.74) is 3.01. The van der Waals surface area contributed by atoms with Crippen molar-refractivity contribution in [3.05, 3.63) is 64.0 Å². The Morgan fingerprint density at radius 2 is 1.79 bits per heavy atom. The van der Waals surface area contributed by atoms with Crippen molar-refractivity contribution in [3.8, 4) is 5.75 Å². The summed E-state index contributed by atoms with van der Waals surface area (Å²) in [7, 11) is 0. The number of carbonyl (C=O) groups excluding carboxylic acids is 1. The minimum Gasteiger partial charge on any atom is -0.490 e. The Hall–Kier alpha value is -2.18. The van der Waals surface area contributed by atoms with E-state index in [-0.39, 0.29) is 17.7 Å². The summed E-state index contributed by atoms with van der Waals surface area (Å²) in [5, 5.41) is 1.04. The van der Waals surface area contributed by atoms with Gasteiger partial charge in [-0.15, -0.1) is 0 Å². The highest BCUT2D eigenvalue weighted by Crippen LogP contribution is 2.38. The Morgan fingerprint density at radius 3 is 2.45 bits per heavy atom. The molecule has 2 fully saturated rings. The van der Waals surface area contributed by atoms with Crippen LogP contribution in [0, 0.1) is 12.7 Å². The van der Waals surface area contributed by atoms with Gasteiger partial charge in [0.25, 0.3) is 0 Å². The molecule has 2 atom stereocenters. The molecule has 0 spiro atoms. The number of para-hydroxylation sites is 1. The summed E-state index contributed by atoms with van der Waals surface area (Å²) in [6, 6.07) is 13.6. The van der Waals surface area contributed by atoms with E-state index in [0.29, 0.717) is 12.1 Å². The Labute approximate surface area is 202 Å². The van der Waals surface area contributed by atoms with Crippen LogP contribution in [0.15, 0.2) is 46.9 Å². The smallest absolute Gasteiger partial charge is 0.162 e. The molecular formula is C27H30BrFN2O2. The average Bonchev–Trinajstić information content (AvgIpc) is 3.19. The normalized spacial score (nSPS) is 22.7. The first-order valence-corrected chi connectivity index (χ1v) is 12.7. The molecule has 2 saturated heterocycles. The van der Waals surface area contributed by atoms with Crippen molar-refractivity contribution in [1.82, 2.24) is 9.47 Å². The molecule has 1 aromatic heterocycles. The van der Waals surface area contributed by atoms with Gasteiger partial charge in [0, 0.05) is 46.3 Å². The fraction of sp³-hybridized carbons (Fsp3) is 0.444. The topological polar surface area (TPSA) is 34.5 Å². The molecule has 3 heterocycles. The number of hydrogen-bond acceptors (Lipinski definition) is 3. The van der Waals surface area contributed by atoms with Crippen molar-refractivity contribution in [2.24, 2.45) is 0 Å². The van der Waals surface area contributed by atoms with Crippen molar-refractivity contribution < 1.29 is 13.9 Å². The summed E-state index contributed by atoms with van der Waals surface area (Å²) >= 11 is 3.70. The molecule has 5 rings (SSSR count). The van der Waals surface area contributed by atoms with Gasteiger partial charge in [-0.3, -0.25) is 9.69 Å². The number of ether oxygens (including phenoxy) is 1. The zero-order valence-corrected chi connectivity index (χ0v) is 20.8. The van der Waals surface area contributed by atoms with E-state index in [1.54, 1.807) is 19.1 Å². The summed E-state index contributed by atoms with van der Waals surface area (Å²) in [6.45, 7) is 5.66. The van der Waals surface area contributed by atoms with Gasteiger partial charge in [-0.25, -0.2) is 4.39 Å². The predicted octanol–water partition coefficient (Wildman–Crippen LogP) is 6.52. The van der Waals surface area contributed by atoms with Crippen LogP contribution < -0.4 is 4.74 Å². The van der Waals surface area contributed by atoms with Gasteiger partial charge in [0.15, 0.2) is 5.78 Å². The van der Waals surface area contributed by atoms with E-state index in [1.807, 2.05) is 18.2 Å². The molecule has 3 aromatic rings. The maximum Gasteiger partial charge on any atom is 0.162 e. The van der Waals surface area contributed by atoms with Gasteiger partial charge in [-0.05, 0) is 92.2 Å². The second-order valence-corrected chi connectivity index (χ2v) is 10.3. The monoisotopic (exact) mass is 512 g/mol. The second-order valence-electron chi connectivity index (χ2n) is 9.45. The fourth-order valence-corrected chi connectivity index (χ4v) is 6.60. The Bertz CT molecular complexity index is 1160. The van der Waals surface area contributed by atoms with Gasteiger partial charge >= 0.3 is 0 Å². The molecule has 0 amide bonds. The maximum absolute atomic E-state index is 13.2. The highest BCUT2D eigenvalue weighted by Gasteiger charge is 2.41. The Morgan fingerprint density at radius 1 is 1.09 bits per heavy atom. The van der Waals surface area contributed by atoms with E-state index in [9.17, 15) is 9.18 Å². The second kappa shape index (κ2) is 9.22. The Kier molecular flexibility index (Phi) is 6.32. The summed E-state index contributed by atoms with van der Waals surface area (Å²) in [6.07, 6.45) is 5.74. The highest BCUT2D eigenvalue weighted by atomic mass is 79.9. The number of aromatic nitrogens is 1. The number of ketones is 1. The number of piperidine rings is 1. The van der Waals surface area contributed by atoms with Gasteiger partial charge in [-0.2, -0.15) is 0 Å². The molecule has 2 aliphatic rings. The average molecular weight is 513 g/mol. The van der Waals surface area contributed by atoms with E-state index in [2.05, 4.69) is 32.3 Å². The molecule has 4 nitrogen and oxygen atoms in total. The van der Waals surface area contributed by atoms with Crippen LogP contribution in [0.2, 0.25) is 0 Å². The van der Waals surface area contributed by atoms with E-state index in [1.165, 1.54) is 25.0 Å². The molecule has 2 aliphatic heterocycles. The lowest BCUT2D eigenvalue weighted by atomic mass is 9.99. The third-order valence-electron chi connectivity index (χ3n) is 7.40. The van der Waals surface area contributed by atoms with Crippen molar-refractivity contribution in [2.45, 2.75) is 70.7 Å². The minimum absolute atomic E-state index is 0.121. The number of rotatable bonds is 7. The van der Waals surface area contributed by atoms with E-state index >= 15 is 0 Å². The molecule has 174 valence electrons. The van der Waals surface area contributed by atoms with Crippen LogP contribution in [0.5, 0.6) is 5.75 Å². The number of carbonyl (C=O) groups is 1. The van der Waals surface area contributed by atoms with Crippen molar-refractivity contribution in [1.29, 1.82) is 0 Å². The number of aryl methyl sites for hydroxylation is 1. The lowest BCUT2D eigenvalue weighted by molar-refractivity contribution is 0.0481. The molecule has 2 unspecified atom stereocenters. The molecular weight excluding hydrogens is 483 g/mol. The van der Waals surface area contributed by atoms with Crippen LogP contribution in [0.25, 0.3) is 10.9 Å². The predicted molar refractivity (Wildman–Crippen MR) is 133 cm³/mol. The van der Waals surface area contributed by atoms with Gasteiger partial charge in [0.05, 0.1) is 5.52 Å². The highest BCUT2D eigenvalue weighted by molar-refractivity contribution is 9.10. The molecule has 0 radical (unpaired) electrons. The lowest BCUT2D eigenvalue weighted by Gasteiger charge is -2.39. The molecule has 33 heavy (non-hydrogen) atoms. The molecule has 0 N–H and O–H groups in total. The Balaban J connectivity index is 1.24. The first kappa shape index (κ1) is 22.6. The summed E-state index contributed by atoms with van der Waals surface area (Å²) in [5.74, 6) is 0.650. The quantitative estimate of drug-likeness (QED) is 0.338. The standard InChI is InChI=1S/C27H30BrFN2O2/c1-17-26(18(2)32)24-5-3-6-25(28)27(24)30(17)13-4-14-31-20-9-10-21(31)16-23(15-20)33-22-11-7-19(29)8-12-22/h3,5-8,11-12,20-21,23H,4,9-10,13-16H2,1-2H3. The molecule has 6 heteroatoms. The zero-order chi connectivity index (χ0) is 23.1. The van der Waals surface area contributed by atoms with Gasteiger partial charge in [0.1, 0.15) is 17.7 Å². The van der Waals surface area contributed by atoms with E-state index < -0.39 is 0 Å². The first-order chi connectivity index (χ1) is 15.9. The van der Waals surface area contributed by atoms with Crippen LogP contribution in [0.3, 0.4) is 0 Å². The number of Topliss-reactive ketones (excluding diaryl/α,β-unsaturated/α-hetero) is 1. The first-order valence-electron chi connectivity index (χ1n) is 11.9. The number of benzene rings is 2. The molecule has 0 saturated carbocycles. The van der Waals surface area contributed by atoms with Crippen molar-refractivity contribution >= 4 is 32.6 Å². The van der Waals surface area contributed by atoms with Crippen LogP contribution in [0.1, 0.15) is 55.1 Å².